The molecule has 0 aliphatic carbocycles. The molecule has 0 radical (unpaired) electrons. The Hall–Kier alpha value is -1.51. The van der Waals surface area contributed by atoms with Gasteiger partial charge in [0.05, 0.1) is 6.61 Å². The van der Waals surface area contributed by atoms with Crippen LogP contribution in [0.4, 0.5) is 0 Å². The smallest absolute Gasteiger partial charge is 0.251 e. The van der Waals surface area contributed by atoms with E-state index in [9.17, 15) is 4.79 Å². The lowest BCUT2D eigenvalue weighted by molar-refractivity contribution is 0.0923. The maximum absolute atomic E-state index is 11.9. The summed E-state index contributed by atoms with van der Waals surface area (Å²) in [6, 6.07) is 6.10. The minimum absolute atomic E-state index is 0.0278. The lowest BCUT2D eigenvalue weighted by Crippen LogP contribution is -2.40. The number of rotatable bonds is 4. The van der Waals surface area contributed by atoms with Gasteiger partial charge in [0, 0.05) is 11.6 Å². The Labute approximate surface area is 102 Å². The molecule has 92 valence electrons. The first-order valence-electron chi connectivity index (χ1n) is 6.31. The van der Waals surface area contributed by atoms with E-state index in [4.69, 9.17) is 4.74 Å². The Morgan fingerprint density at radius 3 is 2.94 bits per heavy atom. The second kappa shape index (κ2) is 5.21. The molecule has 1 aromatic carbocycles. The SMILES string of the molecule is CCCOc1ccc2c(c1)C(=O)NC(CC)C2. The molecular formula is C14H19NO2. The molecule has 1 unspecified atom stereocenters. The minimum atomic E-state index is 0.0278. The molecular weight excluding hydrogens is 214 g/mol. The molecule has 1 amide bonds. The fourth-order valence-electron chi connectivity index (χ4n) is 2.08. The second-order valence-corrected chi connectivity index (χ2v) is 4.45. The van der Waals surface area contributed by atoms with Gasteiger partial charge in [0.25, 0.3) is 5.91 Å². The second-order valence-electron chi connectivity index (χ2n) is 4.45. The molecule has 3 nitrogen and oxygen atoms in total. The molecule has 1 aromatic rings. The van der Waals surface area contributed by atoms with Gasteiger partial charge in [0.1, 0.15) is 5.75 Å². The molecule has 0 spiro atoms. The van der Waals surface area contributed by atoms with Crippen molar-refractivity contribution < 1.29 is 9.53 Å². The highest BCUT2D eigenvalue weighted by molar-refractivity contribution is 5.97. The van der Waals surface area contributed by atoms with E-state index in [1.54, 1.807) is 0 Å². The largest absolute Gasteiger partial charge is 0.494 e. The van der Waals surface area contributed by atoms with Crippen molar-refractivity contribution in [3.05, 3.63) is 29.3 Å². The van der Waals surface area contributed by atoms with Crippen molar-refractivity contribution >= 4 is 5.91 Å². The van der Waals surface area contributed by atoms with Gasteiger partial charge in [0.2, 0.25) is 0 Å². The normalized spacial score (nSPS) is 18.5. The van der Waals surface area contributed by atoms with Crippen LogP contribution in [0.25, 0.3) is 0 Å². The summed E-state index contributed by atoms with van der Waals surface area (Å²) in [6.45, 7) is 4.85. The molecule has 0 bridgehead atoms. The highest BCUT2D eigenvalue weighted by Crippen LogP contribution is 2.23. The van der Waals surface area contributed by atoms with Crippen molar-refractivity contribution in [3.63, 3.8) is 0 Å². The third kappa shape index (κ3) is 2.60. The van der Waals surface area contributed by atoms with Crippen LogP contribution >= 0.6 is 0 Å². The minimum Gasteiger partial charge on any atom is -0.494 e. The van der Waals surface area contributed by atoms with E-state index in [1.807, 2.05) is 18.2 Å². The zero-order valence-corrected chi connectivity index (χ0v) is 10.5. The maximum Gasteiger partial charge on any atom is 0.251 e. The molecule has 1 N–H and O–H groups in total. The third-order valence-corrected chi connectivity index (χ3v) is 3.09. The maximum atomic E-state index is 11.9. The van der Waals surface area contributed by atoms with E-state index in [2.05, 4.69) is 19.2 Å². The first-order valence-corrected chi connectivity index (χ1v) is 6.31. The molecule has 2 rings (SSSR count). The number of amides is 1. The molecule has 3 heteroatoms. The lowest BCUT2D eigenvalue weighted by Gasteiger charge is -2.25. The fourth-order valence-corrected chi connectivity index (χ4v) is 2.08. The van der Waals surface area contributed by atoms with Crippen molar-refractivity contribution in [1.29, 1.82) is 0 Å². The summed E-state index contributed by atoms with van der Waals surface area (Å²) in [4.78, 5) is 11.9. The Balaban J connectivity index is 2.21. The quantitative estimate of drug-likeness (QED) is 0.868. The van der Waals surface area contributed by atoms with Crippen molar-refractivity contribution in [2.45, 2.75) is 39.2 Å². The van der Waals surface area contributed by atoms with Gasteiger partial charge < -0.3 is 10.1 Å². The predicted molar refractivity (Wildman–Crippen MR) is 67.5 cm³/mol. The van der Waals surface area contributed by atoms with Crippen LogP contribution in [-0.2, 0) is 6.42 Å². The van der Waals surface area contributed by atoms with E-state index in [1.165, 1.54) is 0 Å². The number of benzene rings is 1. The zero-order chi connectivity index (χ0) is 12.3. The van der Waals surface area contributed by atoms with Crippen LogP contribution in [0.1, 0.15) is 42.6 Å². The third-order valence-electron chi connectivity index (χ3n) is 3.09. The molecule has 1 aliphatic heterocycles. The Bertz CT molecular complexity index is 415. The van der Waals surface area contributed by atoms with E-state index in [0.717, 1.165) is 36.1 Å². The van der Waals surface area contributed by atoms with Crippen LogP contribution in [0.3, 0.4) is 0 Å². The van der Waals surface area contributed by atoms with Gasteiger partial charge in [-0.05, 0) is 37.0 Å². The van der Waals surface area contributed by atoms with Crippen molar-refractivity contribution in [2.75, 3.05) is 6.61 Å². The van der Waals surface area contributed by atoms with Crippen LogP contribution in [0, 0.1) is 0 Å². The average molecular weight is 233 g/mol. The van der Waals surface area contributed by atoms with Crippen molar-refractivity contribution in [2.24, 2.45) is 0 Å². The number of fused-ring (bicyclic) bond motifs is 1. The molecule has 0 fully saturated rings. The first-order chi connectivity index (χ1) is 8.24. The first kappa shape index (κ1) is 12.0. The van der Waals surface area contributed by atoms with Crippen LogP contribution in [0.5, 0.6) is 5.75 Å². The summed E-state index contributed by atoms with van der Waals surface area (Å²) < 4.78 is 5.54. The van der Waals surface area contributed by atoms with Gasteiger partial charge in [-0.25, -0.2) is 0 Å². The van der Waals surface area contributed by atoms with E-state index in [0.29, 0.717) is 6.61 Å². The summed E-state index contributed by atoms with van der Waals surface area (Å²) in [5.74, 6) is 0.816. The lowest BCUT2D eigenvalue weighted by atomic mass is 9.94. The van der Waals surface area contributed by atoms with Crippen LogP contribution in [0.2, 0.25) is 0 Å². The van der Waals surface area contributed by atoms with E-state index >= 15 is 0 Å². The predicted octanol–water partition coefficient (Wildman–Crippen LogP) is 2.54. The van der Waals surface area contributed by atoms with Gasteiger partial charge in [-0.15, -0.1) is 0 Å². The Kier molecular flexibility index (Phi) is 3.67. The fraction of sp³-hybridized carbons (Fsp3) is 0.500. The van der Waals surface area contributed by atoms with Crippen molar-refractivity contribution in [1.82, 2.24) is 5.32 Å². The van der Waals surface area contributed by atoms with Crippen LogP contribution < -0.4 is 10.1 Å². The number of carbonyl (C=O) groups excluding carboxylic acids is 1. The van der Waals surface area contributed by atoms with Crippen LogP contribution in [0.15, 0.2) is 18.2 Å². The summed E-state index contributed by atoms with van der Waals surface area (Å²) >= 11 is 0. The summed E-state index contributed by atoms with van der Waals surface area (Å²) in [7, 11) is 0. The van der Waals surface area contributed by atoms with Crippen molar-refractivity contribution in [3.8, 4) is 5.75 Å². The number of carbonyl (C=O) groups is 1. The Morgan fingerprint density at radius 1 is 1.41 bits per heavy atom. The van der Waals surface area contributed by atoms with E-state index in [-0.39, 0.29) is 11.9 Å². The van der Waals surface area contributed by atoms with Gasteiger partial charge in [0.15, 0.2) is 0 Å². The monoisotopic (exact) mass is 233 g/mol. The molecule has 1 atom stereocenters. The Morgan fingerprint density at radius 2 is 2.24 bits per heavy atom. The number of ether oxygens (including phenoxy) is 1. The van der Waals surface area contributed by atoms with Gasteiger partial charge in [-0.1, -0.05) is 19.9 Å². The standard InChI is InChI=1S/C14H19NO2/c1-3-7-17-12-6-5-10-8-11(4-2)15-14(16)13(10)9-12/h5-6,9,11H,3-4,7-8H2,1-2H3,(H,15,16). The van der Waals surface area contributed by atoms with Crippen LogP contribution in [-0.4, -0.2) is 18.6 Å². The van der Waals surface area contributed by atoms with E-state index < -0.39 is 0 Å². The van der Waals surface area contributed by atoms with Gasteiger partial charge in [-0.3, -0.25) is 4.79 Å². The molecule has 0 saturated heterocycles. The highest BCUT2D eigenvalue weighted by atomic mass is 16.5. The molecule has 1 aliphatic rings. The van der Waals surface area contributed by atoms with Gasteiger partial charge in [-0.2, -0.15) is 0 Å². The number of hydrogen-bond acceptors (Lipinski definition) is 2. The summed E-state index contributed by atoms with van der Waals surface area (Å²) in [5, 5.41) is 3.01. The highest BCUT2D eigenvalue weighted by Gasteiger charge is 2.23. The number of nitrogens with one attached hydrogen (secondary N) is 1. The zero-order valence-electron chi connectivity index (χ0n) is 10.5. The number of hydrogen-bond donors (Lipinski definition) is 1. The topological polar surface area (TPSA) is 38.3 Å². The molecule has 0 aromatic heterocycles. The summed E-state index contributed by atoms with van der Waals surface area (Å²) in [6.07, 6.45) is 2.87. The molecule has 0 saturated carbocycles. The average Bonchev–Trinajstić information content (AvgIpc) is 2.36. The summed E-state index contributed by atoms with van der Waals surface area (Å²) in [5.41, 5.74) is 1.90. The molecule has 17 heavy (non-hydrogen) atoms. The molecule has 1 heterocycles. The van der Waals surface area contributed by atoms with Gasteiger partial charge >= 0.3 is 0 Å².